The number of anilines is 3. The van der Waals surface area contributed by atoms with Crippen molar-refractivity contribution >= 4 is 39.0 Å². The van der Waals surface area contributed by atoms with Crippen LogP contribution in [0, 0.1) is 0 Å². The molecular weight excluding hydrogens is 607 g/mol. The molecule has 0 bridgehead atoms. The molecule has 0 radical (unpaired) electrons. The van der Waals surface area contributed by atoms with E-state index in [1.54, 1.807) is 0 Å². The molecular formula is C48H35NO. The van der Waals surface area contributed by atoms with Crippen molar-refractivity contribution in [1.29, 1.82) is 0 Å². The summed E-state index contributed by atoms with van der Waals surface area (Å²) in [4.78, 5) is 2.40. The molecule has 1 heterocycles. The third kappa shape index (κ3) is 3.74. The van der Waals surface area contributed by atoms with Gasteiger partial charge < -0.3 is 9.32 Å². The maximum Gasteiger partial charge on any atom is 0.137 e. The van der Waals surface area contributed by atoms with E-state index in [1.807, 2.05) is 6.07 Å². The number of rotatable bonds is 3. The van der Waals surface area contributed by atoms with Crippen LogP contribution < -0.4 is 4.90 Å². The Bertz CT molecular complexity index is 2570. The van der Waals surface area contributed by atoms with E-state index < -0.39 is 0 Å². The molecule has 2 nitrogen and oxygen atoms in total. The van der Waals surface area contributed by atoms with Crippen molar-refractivity contribution in [2.45, 2.75) is 36.5 Å². The van der Waals surface area contributed by atoms with Crippen LogP contribution in [0.5, 0.6) is 0 Å². The minimum Gasteiger partial charge on any atom is -0.456 e. The summed E-state index contributed by atoms with van der Waals surface area (Å²) in [5.74, 6) is 0. The zero-order valence-electron chi connectivity index (χ0n) is 27.8. The van der Waals surface area contributed by atoms with Gasteiger partial charge in [0.25, 0.3) is 0 Å². The van der Waals surface area contributed by atoms with Crippen molar-refractivity contribution in [1.82, 2.24) is 0 Å². The highest BCUT2D eigenvalue weighted by Crippen LogP contribution is 2.64. The van der Waals surface area contributed by atoms with Crippen molar-refractivity contribution < 1.29 is 4.42 Å². The molecule has 1 saturated carbocycles. The van der Waals surface area contributed by atoms with E-state index >= 15 is 0 Å². The fourth-order valence-electron chi connectivity index (χ4n) is 10.1. The molecule has 0 amide bonds. The lowest BCUT2D eigenvalue weighted by Gasteiger charge is -2.45. The third-order valence-electron chi connectivity index (χ3n) is 12.3. The topological polar surface area (TPSA) is 16.4 Å². The van der Waals surface area contributed by atoms with E-state index in [2.05, 4.69) is 163 Å². The van der Waals surface area contributed by atoms with Gasteiger partial charge in [0, 0.05) is 44.7 Å². The molecule has 0 N–H and O–H groups in total. The summed E-state index contributed by atoms with van der Waals surface area (Å²) >= 11 is 0. The second-order valence-corrected chi connectivity index (χ2v) is 14.5. The van der Waals surface area contributed by atoms with E-state index in [9.17, 15) is 0 Å². The van der Waals surface area contributed by atoms with Gasteiger partial charge in [0.2, 0.25) is 0 Å². The van der Waals surface area contributed by atoms with E-state index in [0.29, 0.717) is 0 Å². The van der Waals surface area contributed by atoms with Crippen LogP contribution in [-0.2, 0) is 10.8 Å². The Hall–Kier alpha value is -5.86. The normalized spacial score (nSPS) is 16.0. The minimum atomic E-state index is -0.0370. The molecule has 7 aromatic carbocycles. The number of para-hydroxylation sites is 2. The number of fused-ring (bicyclic) bond motifs is 13. The lowest BCUT2D eigenvalue weighted by atomic mass is 9.57. The quantitative estimate of drug-likeness (QED) is 0.191. The molecule has 0 unspecified atom stereocenters. The van der Waals surface area contributed by atoms with Crippen LogP contribution in [0.2, 0.25) is 0 Å². The summed E-state index contributed by atoms with van der Waals surface area (Å²) < 4.78 is 6.39. The monoisotopic (exact) mass is 641 g/mol. The van der Waals surface area contributed by atoms with Gasteiger partial charge in [-0.05, 0) is 113 Å². The molecule has 2 heteroatoms. The molecule has 3 aliphatic carbocycles. The molecule has 1 fully saturated rings. The first kappa shape index (κ1) is 28.0. The molecule has 1 aromatic heterocycles. The number of hydrogen-bond donors (Lipinski definition) is 0. The van der Waals surface area contributed by atoms with Crippen molar-refractivity contribution in [3.63, 3.8) is 0 Å². The van der Waals surface area contributed by atoms with Gasteiger partial charge in [-0.1, -0.05) is 115 Å². The van der Waals surface area contributed by atoms with Crippen LogP contribution in [0.25, 0.3) is 44.2 Å². The highest BCUT2D eigenvalue weighted by Gasteiger charge is 2.53. The number of benzene rings is 7. The first-order valence-corrected chi connectivity index (χ1v) is 17.9. The van der Waals surface area contributed by atoms with Gasteiger partial charge in [-0.2, -0.15) is 0 Å². The average Bonchev–Trinajstić information content (AvgIpc) is 3.78. The van der Waals surface area contributed by atoms with Crippen molar-refractivity contribution in [3.8, 4) is 22.3 Å². The Morgan fingerprint density at radius 1 is 0.360 bits per heavy atom. The molecule has 0 saturated heterocycles. The zero-order chi connectivity index (χ0) is 32.9. The van der Waals surface area contributed by atoms with Gasteiger partial charge in [-0.3, -0.25) is 0 Å². The van der Waals surface area contributed by atoms with Crippen molar-refractivity contribution in [2.75, 3.05) is 4.90 Å². The van der Waals surface area contributed by atoms with E-state index in [1.165, 1.54) is 50.2 Å². The zero-order valence-corrected chi connectivity index (χ0v) is 27.8. The smallest absolute Gasteiger partial charge is 0.137 e. The van der Waals surface area contributed by atoms with Crippen LogP contribution in [0.4, 0.5) is 17.1 Å². The lowest BCUT2D eigenvalue weighted by Crippen LogP contribution is -2.39. The number of hydrogen-bond acceptors (Lipinski definition) is 2. The Morgan fingerprint density at radius 3 is 1.50 bits per heavy atom. The molecule has 3 aliphatic rings. The highest BCUT2D eigenvalue weighted by molar-refractivity contribution is 6.06. The van der Waals surface area contributed by atoms with Gasteiger partial charge in [-0.15, -0.1) is 0 Å². The predicted octanol–water partition coefficient (Wildman–Crippen LogP) is 12.9. The highest BCUT2D eigenvalue weighted by atomic mass is 16.3. The van der Waals surface area contributed by atoms with Gasteiger partial charge >= 0.3 is 0 Å². The predicted molar refractivity (Wildman–Crippen MR) is 206 cm³/mol. The Kier molecular flexibility index (Phi) is 5.79. The summed E-state index contributed by atoms with van der Waals surface area (Å²) in [6, 6.07) is 60.5. The molecule has 11 rings (SSSR count). The summed E-state index contributed by atoms with van der Waals surface area (Å²) in [5.41, 5.74) is 16.9. The van der Waals surface area contributed by atoms with Crippen LogP contribution in [-0.4, -0.2) is 0 Å². The first-order valence-electron chi connectivity index (χ1n) is 17.9. The van der Waals surface area contributed by atoms with Gasteiger partial charge in [0.15, 0.2) is 0 Å². The largest absolute Gasteiger partial charge is 0.456 e. The maximum absolute atomic E-state index is 6.39. The summed E-state index contributed by atoms with van der Waals surface area (Å²) in [7, 11) is 0. The van der Waals surface area contributed by atoms with Gasteiger partial charge in [0.1, 0.15) is 11.2 Å². The van der Waals surface area contributed by atoms with Crippen LogP contribution in [0.1, 0.15) is 47.9 Å². The molecule has 0 atom stereocenters. The van der Waals surface area contributed by atoms with E-state index in [-0.39, 0.29) is 10.8 Å². The van der Waals surface area contributed by atoms with Gasteiger partial charge in [-0.25, -0.2) is 0 Å². The second kappa shape index (κ2) is 10.3. The fourth-order valence-corrected chi connectivity index (χ4v) is 10.1. The second-order valence-electron chi connectivity index (χ2n) is 14.5. The fraction of sp³-hybridized carbons (Fsp3) is 0.125. The maximum atomic E-state index is 6.39. The number of furan rings is 1. The first-order chi connectivity index (χ1) is 24.7. The van der Waals surface area contributed by atoms with Crippen LogP contribution in [0.3, 0.4) is 0 Å². The molecule has 0 aliphatic heterocycles. The molecule has 238 valence electrons. The standard InChI is InChI=1S/C48H35NO/c1-2-12-32(13-3-1)49(34-23-25-40-39-17-7-11-21-45(39)50-46(40)31-34)33-22-24-38-37-16-6-10-20-43(37)48(44(38)30-33)28-26-47(27-29-48)41-18-8-4-14-35(41)36-15-5-9-19-42(36)47/h1-25,30-31H,26-29H2. The third-order valence-corrected chi connectivity index (χ3v) is 12.3. The summed E-state index contributed by atoms with van der Waals surface area (Å²) in [5, 5.41) is 2.30. The van der Waals surface area contributed by atoms with E-state index in [4.69, 9.17) is 4.42 Å². The van der Waals surface area contributed by atoms with Crippen molar-refractivity contribution in [2.24, 2.45) is 0 Å². The summed E-state index contributed by atoms with van der Waals surface area (Å²) in [6.07, 6.45) is 4.48. The van der Waals surface area contributed by atoms with E-state index in [0.717, 1.165) is 59.0 Å². The van der Waals surface area contributed by atoms with Crippen LogP contribution in [0.15, 0.2) is 168 Å². The minimum absolute atomic E-state index is 0.0370. The average molecular weight is 642 g/mol. The Morgan fingerprint density at radius 2 is 0.840 bits per heavy atom. The SMILES string of the molecule is c1ccc(N(c2ccc3c(c2)C2(CCC4(CC2)c2ccccc2-c2ccccc24)c2ccccc2-3)c2ccc3c(c2)oc2ccccc23)cc1. The Balaban J connectivity index is 1.06. The number of nitrogens with zero attached hydrogens (tertiary/aromatic N) is 1. The molecule has 2 spiro atoms. The van der Waals surface area contributed by atoms with Gasteiger partial charge in [0.05, 0.1) is 0 Å². The molecule has 8 aromatic rings. The molecule has 50 heavy (non-hydrogen) atoms. The lowest BCUT2D eigenvalue weighted by molar-refractivity contribution is 0.265. The Labute approximate surface area is 292 Å². The van der Waals surface area contributed by atoms with Crippen molar-refractivity contribution in [3.05, 3.63) is 186 Å². The summed E-state index contributed by atoms with van der Waals surface area (Å²) in [6.45, 7) is 0. The van der Waals surface area contributed by atoms with Crippen LogP contribution >= 0.6 is 0 Å².